The summed E-state index contributed by atoms with van der Waals surface area (Å²) < 4.78 is 13.1. The van der Waals surface area contributed by atoms with Crippen LogP contribution in [0.5, 0.6) is 0 Å². The van der Waals surface area contributed by atoms with Gasteiger partial charge in [-0.3, -0.25) is 4.79 Å². The van der Waals surface area contributed by atoms with Crippen molar-refractivity contribution in [2.45, 2.75) is 19.4 Å². The van der Waals surface area contributed by atoms with Gasteiger partial charge in [-0.15, -0.1) is 0 Å². The van der Waals surface area contributed by atoms with Crippen LogP contribution in [0.4, 0.5) is 4.39 Å². The summed E-state index contributed by atoms with van der Waals surface area (Å²) in [7, 11) is 0. The lowest BCUT2D eigenvalue weighted by Gasteiger charge is -2.34. The first-order valence-corrected chi connectivity index (χ1v) is 5.18. The zero-order chi connectivity index (χ0) is 13.1. The van der Waals surface area contributed by atoms with E-state index in [1.54, 1.807) is 6.92 Å². The zero-order valence-electron chi connectivity index (χ0n) is 9.68. The van der Waals surface area contributed by atoms with Crippen molar-refractivity contribution < 1.29 is 19.1 Å². The van der Waals surface area contributed by atoms with Gasteiger partial charge in [0, 0.05) is 6.54 Å². The first-order chi connectivity index (χ1) is 7.96. The van der Waals surface area contributed by atoms with E-state index in [2.05, 4.69) is 0 Å². The minimum absolute atomic E-state index is 0.225. The molecule has 0 aliphatic carbocycles. The second kappa shape index (κ2) is 4.95. The average molecular weight is 239 g/mol. The number of hydrogen-bond donors (Lipinski definition) is 1. The topological polar surface area (TPSA) is 57.6 Å². The maximum Gasteiger partial charge on any atom is 0.334 e. The van der Waals surface area contributed by atoms with Gasteiger partial charge in [-0.25, -0.2) is 9.18 Å². The standard InChI is InChI=1S/C12H14FNO3/c1-3-14(8-15)12(2,11(16)17)9-5-4-6-10(13)7-9/h4-8H,3H2,1-2H3,(H,16,17). The summed E-state index contributed by atoms with van der Waals surface area (Å²) in [4.78, 5) is 23.4. The van der Waals surface area contributed by atoms with Crippen LogP contribution in [0, 0.1) is 5.82 Å². The number of halogens is 1. The van der Waals surface area contributed by atoms with Crippen LogP contribution in [-0.2, 0) is 15.1 Å². The van der Waals surface area contributed by atoms with E-state index in [1.165, 1.54) is 25.1 Å². The Bertz CT molecular complexity index is 436. The second-order valence-electron chi connectivity index (χ2n) is 3.78. The Labute approximate surface area is 98.7 Å². The molecule has 0 heterocycles. The molecule has 1 unspecified atom stereocenters. The highest BCUT2D eigenvalue weighted by Crippen LogP contribution is 2.28. The molecule has 0 bridgehead atoms. The summed E-state index contributed by atoms with van der Waals surface area (Å²) in [5.74, 6) is -1.73. The van der Waals surface area contributed by atoms with Gasteiger partial charge in [-0.1, -0.05) is 12.1 Å². The molecule has 0 saturated carbocycles. The molecular weight excluding hydrogens is 225 g/mol. The monoisotopic (exact) mass is 239 g/mol. The molecule has 0 saturated heterocycles. The normalized spacial score (nSPS) is 13.8. The van der Waals surface area contributed by atoms with Crippen LogP contribution in [0.2, 0.25) is 0 Å². The number of rotatable bonds is 5. The lowest BCUT2D eigenvalue weighted by molar-refractivity contribution is -0.154. The van der Waals surface area contributed by atoms with Gasteiger partial charge < -0.3 is 10.0 Å². The average Bonchev–Trinajstić information content (AvgIpc) is 2.30. The quantitative estimate of drug-likeness (QED) is 0.794. The molecule has 1 amide bonds. The van der Waals surface area contributed by atoms with Gasteiger partial charge >= 0.3 is 5.97 Å². The molecule has 4 nitrogen and oxygen atoms in total. The number of carboxylic acid groups (broad SMARTS) is 1. The van der Waals surface area contributed by atoms with E-state index in [0.717, 1.165) is 11.0 Å². The Morgan fingerprint density at radius 3 is 2.65 bits per heavy atom. The predicted molar refractivity (Wildman–Crippen MR) is 59.8 cm³/mol. The minimum Gasteiger partial charge on any atom is -0.479 e. The van der Waals surface area contributed by atoms with Crippen molar-refractivity contribution in [1.29, 1.82) is 0 Å². The van der Waals surface area contributed by atoms with Crippen LogP contribution in [0.15, 0.2) is 24.3 Å². The molecule has 0 aliphatic rings. The number of benzene rings is 1. The van der Waals surface area contributed by atoms with Crippen molar-refractivity contribution in [3.8, 4) is 0 Å². The number of aliphatic carboxylic acids is 1. The predicted octanol–water partition coefficient (Wildman–Crippen LogP) is 1.60. The van der Waals surface area contributed by atoms with Crippen LogP contribution >= 0.6 is 0 Å². The molecule has 1 atom stereocenters. The van der Waals surface area contributed by atoms with Crippen molar-refractivity contribution in [3.05, 3.63) is 35.6 Å². The van der Waals surface area contributed by atoms with Gasteiger partial charge in [0.25, 0.3) is 0 Å². The fraction of sp³-hybridized carbons (Fsp3) is 0.333. The minimum atomic E-state index is -1.56. The molecule has 92 valence electrons. The Morgan fingerprint density at radius 1 is 1.59 bits per heavy atom. The molecule has 0 aromatic heterocycles. The Hall–Kier alpha value is -1.91. The number of amides is 1. The summed E-state index contributed by atoms with van der Waals surface area (Å²) >= 11 is 0. The molecule has 0 spiro atoms. The van der Waals surface area contributed by atoms with Crippen molar-refractivity contribution in [3.63, 3.8) is 0 Å². The second-order valence-corrected chi connectivity index (χ2v) is 3.78. The van der Waals surface area contributed by atoms with Gasteiger partial charge in [0.1, 0.15) is 5.82 Å². The fourth-order valence-electron chi connectivity index (χ4n) is 1.70. The van der Waals surface area contributed by atoms with Crippen molar-refractivity contribution in [1.82, 2.24) is 4.90 Å². The fourth-order valence-corrected chi connectivity index (χ4v) is 1.70. The van der Waals surface area contributed by atoms with Crippen LogP contribution in [0.1, 0.15) is 19.4 Å². The van der Waals surface area contributed by atoms with Crippen LogP contribution in [0.3, 0.4) is 0 Å². The Kier molecular flexibility index (Phi) is 3.83. The molecular formula is C12H14FNO3. The van der Waals surface area contributed by atoms with E-state index in [0.29, 0.717) is 6.41 Å². The summed E-state index contributed by atoms with van der Waals surface area (Å²) in [6, 6.07) is 5.26. The Morgan fingerprint density at radius 2 is 2.24 bits per heavy atom. The SMILES string of the molecule is CCN(C=O)C(C)(C(=O)O)c1cccc(F)c1. The third kappa shape index (κ3) is 2.27. The molecule has 1 aromatic carbocycles. The largest absolute Gasteiger partial charge is 0.479 e. The highest BCUT2D eigenvalue weighted by atomic mass is 19.1. The van der Waals surface area contributed by atoms with Crippen LogP contribution < -0.4 is 0 Å². The zero-order valence-corrected chi connectivity index (χ0v) is 9.68. The van der Waals surface area contributed by atoms with Crippen LogP contribution in [-0.4, -0.2) is 28.9 Å². The number of carbonyl (C=O) groups is 2. The Balaban J connectivity index is 3.34. The number of nitrogens with zero attached hydrogens (tertiary/aromatic N) is 1. The number of hydrogen-bond acceptors (Lipinski definition) is 2. The first-order valence-electron chi connectivity index (χ1n) is 5.18. The molecule has 1 rings (SSSR count). The first kappa shape index (κ1) is 13.2. The lowest BCUT2D eigenvalue weighted by atomic mass is 9.90. The molecule has 1 aromatic rings. The van der Waals surface area contributed by atoms with Gasteiger partial charge in [0.15, 0.2) is 5.54 Å². The van der Waals surface area contributed by atoms with E-state index in [1.807, 2.05) is 0 Å². The van der Waals surface area contributed by atoms with Gasteiger partial charge in [-0.2, -0.15) is 0 Å². The number of likely N-dealkylation sites (N-methyl/N-ethyl adjacent to an activating group) is 1. The van der Waals surface area contributed by atoms with Gasteiger partial charge in [-0.05, 0) is 31.5 Å². The van der Waals surface area contributed by atoms with E-state index >= 15 is 0 Å². The summed E-state index contributed by atoms with van der Waals surface area (Å²) in [5, 5.41) is 9.29. The van der Waals surface area contributed by atoms with Crippen molar-refractivity contribution >= 4 is 12.4 Å². The molecule has 0 fully saturated rings. The maximum atomic E-state index is 13.1. The smallest absolute Gasteiger partial charge is 0.334 e. The van der Waals surface area contributed by atoms with Crippen molar-refractivity contribution in [2.24, 2.45) is 0 Å². The molecule has 0 radical (unpaired) electrons. The summed E-state index contributed by atoms with van der Waals surface area (Å²) in [6.45, 7) is 3.26. The lowest BCUT2D eigenvalue weighted by Crippen LogP contribution is -2.49. The van der Waals surface area contributed by atoms with Gasteiger partial charge in [0.2, 0.25) is 6.41 Å². The molecule has 17 heavy (non-hydrogen) atoms. The van der Waals surface area contributed by atoms with Crippen molar-refractivity contribution in [2.75, 3.05) is 6.54 Å². The van der Waals surface area contributed by atoms with E-state index in [9.17, 15) is 19.1 Å². The highest BCUT2D eigenvalue weighted by molar-refractivity contribution is 5.82. The third-order valence-electron chi connectivity index (χ3n) is 2.85. The van der Waals surface area contributed by atoms with Crippen LogP contribution in [0.25, 0.3) is 0 Å². The summed E-state index contributed by atoms with van der Waals surface area (Å²) in [5.41, 5.74) is -1.32. The molecule has 0 aliphatic heterocycles. The number of carboxylic acids is 1. The van der Waals surface area contributed by atoms with E-state index in [-0.39, 0.29) is 12.1 Å². The van der Waals surface area contributed by atoms with Gasteiger partial charge in [0.05, 0.1) is 0 Å². The molecule has 1 N–H and O–H groups in total. The number of carbonyl (C=O) groups excluding carboxylic acids is 1. The van der Waals surface area contributed by atoms with E-state index in [4.69, 9.17) is 0 Å². The third-order valence-corrected chi connectivity index (χ3v) is 2.85. The maximum absolute atomic E-state index is 13.1. The van der Waals surface area contributed by atoms with E-state index < -0.39 is 17.3 Å². The molecule has 5 heteroatoms. The summed E-state index contributed by atoms with van der Waals surface area (Å²) in [6.07, 6.45) is 0.457. The highest BCUT2D eigenvalue weighted by Gasteiger charge is 2.40.